The van der Waals surface area contributed by atoms with Crippen LogP contribution in [0.4, 0.5) is 5.69 Å². The zero-order chi connectivity index (χ0) is 12.5. The Morgan fingerprint density at radius 3 is 2.44 bits per heavy atom. The van der Waals surface area contributed by atoms with E-state index in [1.165, 1.54) is 0 Å². The van der Waals surface area contributed by atoms with Gasteiger partial charge in [-0.3, -0.25) is 4.79 Å². The summed E-state index contributed by atoms with van der Waals surface area (Å²) in [7, 11) is 0. The Morgan fingerprint density at radius 1 is 1.44 bits per heavy atom. The molecule has 0 bridgehead atoms. The summed E-state index contributed by atoms with van der Waals surface area (Å²) in [6.45, 7) is 1.87. The number of carboxylic acids is 1. The number of rotatable bonds is 3. The van der Waals surface area contributed by atoms with E-state index >= 15 is 0 Å². The van der Waals surface area contributed by atoms with E-state index in [0.29, 0.717) is 12.1 Å². The third-order valence-corrected chi connectivity index (χ3v) is 5.24. The first-order chi connectivity index (χ1) is 7.40. The number of nitrogen functional groups attached to an aromatic ring is 1. The minimum absolute atomic E-state index is 0.474. The minimum Gasteiger partial charge on any atom is -0.481 e. The molecule has 1 rings (SSSR count). The number of hydrogen-bond acceptors (Lipinski definition) is 2. The van der Waals surface area contributed by atoms with Gasteiger partial charge < -0.3 is 10.8 Å². The summed E-state index contributed by atoms with van der Waals surface area (Å²) in [6.07, 6.45) is 0.571. The SMILES string of the molecule is CCC(C(=O)O)c1c(I)cc(I)c(N)c1I. The normalized spacial score (nSPS) is 12.5. The molecule has 3 nitrogen and oxygen atoms in total. The second-order valence-corrected chi connectivity index (χ2v) is 6.68. The van der Waals surface area contributed by atoms with Crippen LogP contribution in [0.2, 0.25) is 0 Å². The van der Waals surface area contributed by atoms with E-state index < -0.39 is 11.9 Å². The molecule has 0 fully saturated rings. The van der Waals surface area contributed by atoms with E-state index in [2.05, 4.69) is 67.8 Å². The van der Waals surface area contributed by atoms with Gasteiger partial charge in [-0.25, -0.2) is 0 Å². The van der Waals surface area contributed by atoms with Crippen LogP contribution in [-0.4, -0.2) is 11.1 Å². The Hall–Kier alpha value is 0.680. The highest BCUT2D eigenvalue weighted by Crippen LogP contribution is 2.35. The Labute approximate surface area is 135 Å². The van der Waals surface area contributed by atoms with Crippen molar-refractivity contribution in [1.29, 1.82) is 0 Å². The Bertz CT molecular complexity index is 435. The molecule has 0 heterocycles. The average molecular weight is 557 g/mol. The first-order valence-electron chi connectivity index (χ1n) is 4.55. The number of hydrogen-bond donors (Lipinski definition) is 2. The molecule has 0 aromatic heterocycles. The van der Waals surface area contributed by atoms with Crippen molar-refractivity contribution in [2.45, 2.75) is 19.3 Å². The number of nitrogens with two attached hydrogens (primary N) is 1. The van der Waals surface area contributed by atoms with Crippen LogP contribution >= 0.6 is 67.8 Å². The number of aliphatic carboxylic acids is 1. The van der Waals surface area contributed by atoms with Gasteiger partial charge >= 0.3 is 5.97 Å². The molecular weight excluding hydrogens is 547 g/mol. The second-order valence-electron chi connectivity index (χ2n) is 3.28. The number of benzene rings is 1. The average Bonchev–Trinajstić information content (AvgIpc) is 2.20. The predicted octanol–water partition coefficient (Wildman–Crippen LogP) is 3.66. The summed E-state index contributed by atoms with van der Waals surface area (Å²) >= 11 is 6.46. The first-order valence-corrected chi connectivity index (χ1v) is 7.79. The van der Waals surface area contributed by atoms with Gasteiger partial charge in [-0.15, -0.1) is 0 Å². The van der Waals surface area contributed by atoms with E-state index in [-0.39, 0.29) is 0 Å². The fourth-order valence-electron chi connectivity index (χ4n) is 1.44. The zero-order valence-electron chi connectivity index (χ0n) is 8.43. The lowest BCUT2D eigenvalue weighted by Crippen LogP contribution is -2.15. The lowest BCUT2D eigenvalue weighted by Gasteiger charge is -2.17. The van der Waals surface area contributed by atoms with Crippen LogP contribution in [0.3, 0.4) is 0 Å². The molecule has 0 saturated heterocycles. The molecule has 16 heavy (non-hydrogen) atoms. The van der Waals surface area contributed by atoms with Crippen molar-refractivity contribution in [1.82, 2.24) is 0 Å². The van der Waals surface area contributed by atoms with Crippen LogP contribution in [0.15, 0.2) is 6.07 Å². The molecule has 1 atom stereocenters. The molecule has 1 aromatic carbocycles. The van der Waals surface area contributed by atoms with Crippen molar-refractivity contribution in [2.75, 3.05) is 5.73 Å². The number of anilines is 1. The van der Waals surface area contributed by atoms with Gasteiger partial charge in [0.25, 0.3) is 0 Å². The summed E-state index contributed by atoms with van der Waals surface area (Å²) in [5, 5.41) is 9.19. The summed E-state index contributed by atoms with van der Waals surface area (Å²) in [4.78, 5) is 11.2. The molecule has 0 aliphatic rings. The van der Waals surface area contributed by atoms with Gasteiger partial charge in [0, 0.05) is 10.7 Å². The maximum atomic E-state index is 11.2. The van der Waals surface area contributed by atoms with Gasteiger partial charge in [-0.05, 0) is 85.8 Å². The molecule has 1 aromatic rings. The second kappa shape index (κ2) is 6.03. The number of carboxylic acid groups (broad SMARTS) is 1. The lowest BCUT2D eigenvalue weighted by molar-refractivity contribution is -0.138. The summed E-state index contributed by atoms with van der Waals surface area (Å²) < 4.78 is 2.80. The summed E-state index contributed by atoms with van der Waals surface area (Å²) in [5.41, 5.74) is 7.45. The van der Waals surface area contributed by atoms with E-state index in [9.17, 15) is 9.90 Å². The monoisotopic (exact) mass is 557 g/mol. The highest BCUT2D eigenvalue weighted by Gasteiger charge is 2.24. The standard InChI is InChI=1S/C10H10I3NO2/c1-2-4(10(15)16)7-5(11)3-6(12)9(14)8(7)13/h3-4H,2,14H2,1H3,(H,15,16). The largest absolute Gasteiger partial charge is 0.481 e. The van der Waals surface area contributed by atoms with Crippen LogP contribution in [0.25, 0.3) is 0 Å². The lowest BCUT2D eigenvalue weighted by atomic mass is 9.96. The number of carbonyl (C=O) groups is 1. The third kappa shape index (κ3) is 2.92. The maximum absolute atomic E-state index is 11.2. The van der Waals surface area contributed by atoms with Crippen LogP contribution in [0.1, 0.15) is 24.8 Å². The maximum Gasteiger partial charge on any atom is 0.311 e. The molecule has 88 valence electrons. The van der Waals surface area contributed by atoms with Crippen molar-refractivity contribution in [3.63, 3.8) is 0 Å². The van der Waals surface area contributed by atoms with Crippen LogP contribution in [0, 0.1) is 10.7 Å². The molecule has 0 aliphatic carbocycles. The van der Waals surface area contributed by atoms with Gasteiger partial charge in [0.1, 0.15) is 0 Å². The molecule has 6 heteroatoms. The van der Waals surface area contributed by atoms with Crippen molar-refractivity contribution < 1.29 is 9.90 Å². The minimum atomic E-state index is -0.793. The van der Waals surface area contributed by atoms with Gasteiger partial charge in [0.15, 0.2) is 0 Å². The molecule has 0 amide bonds. The topological polar surface area (TPSA) is 63.3 Å². The molecule has 0 spiro atoms. The van der Waals surface area contributed by atoms with Gasteiger partial charge in [0.05, 0.1) is 11.6 Å². The van der Waals surface area contributed by atoms with Gasteiger partial charge in [0.2, 0.25) is 0 Å². The van der Waals surface area contributed by atoms with Crippen LogP contribution < -0.4 is 5.73 Å². The predicted molar refractivity (Wildman–Crippen MR) is 89.7 cm³/mol. The summed E-state index contributed by atoms with van der Waals surface area (Å²) in [6, 6.07) is 1.93. The first kappa shape index (κ1) is 14.7. The van der Waals surface area contributed by atoms with E-state index in [0.717, 1.165) is 16.3 Å². The van der Waals surface area contributed by atoms with E-state index in [1.54, 1.807) is 0 Å². The van der Waals surface area contributed by atoms with Crippen molar-refractivity contribution in [3.05, 3.63) is 22.3 Å². The fraction of sp³-hybridized carbons (Fsp3) is 0.300. The molecule has 3 N–H and O–H groups in total. The third-order valence-electron chi connectivity index (χ3n) is 2.30. The Balaban J connectivity index is 3.43. The highest BCUT2D eigenvalue weighted by atomic mass is 127. The summed E-state index contributed by atoms with van der Waals surface area (Å²) in [5.74, 6) is -1.27. The van der Waals surface area contributed by atoms with Gasteiger partial charge in [-0.2, -0.15) is 0 Å². The quantitative estimate of drug-likeness (QED) is 0.441. The fourth-order valence-corrected chi connectivity index (χ4v) is 5.57. The molecule has 0 saturated carbocycles. The molecule has 0 aliphatic heterocycles. The Morgan fingerprint density at radius 2 is 2.00 bits per heavy atom. The highest BCUT2D eigenvalue weighted by molar-refractivity contribution is 14.1. The zero-order valence-corrected chi connectivity index (χ0v) is 14.9. The van der Waals surface area contributed by atoms with E-state index in [4.69, 9.17) is 5.73 Å². The van der Waals surface area contributed by atoms with Crippen LogP contribution in [-0.2, 0) is 4.79 Å². The van der Waals surface area contributed by atoms with Crippen molar-refractivity contribution in [2.24, 2.45) is 0 Å². The Kier molecular flexibility index (Phi) is 5.55. The van der Waals surface area contributed by atoms with Crippen molar-refractivity contribution in [3.8, 4) is 0 Å². The van der Waals surface area contributed by atoms with E-state index in [1.807, 2.05) is 13.0 Å². The molecular formula is C10H10I3NO2. The number of halogens is 3. The smallest absolute Gasteiger partial charge is 0.311 e. The molecule has 1 unspecified atom stereocenters. The van der Waals surface area contributed by atoms with Crippen molar-refractivity contribution >= 4 is 79.4 Å². The van der Waals surface area contributed by atoms with Gasteiger partial charge in [-0.1, -0.05) is 6.92 Å². The molecule has 0 radical (unpaired) electrons. The van der Waals surface area contributed by atoms with Crippen LogP contribution in [0.5, 0.6) is 0 Å².